The van der Waals surface area contributed by atoms with E-state index in [1.54, 1.807) is 30.3 Å². The van der Waals surface area contributed by atoms with Crippen molar-refractivity contribution in [3.05, 3.63) is 53.1 Å². The summed E-state index contributed by atoms with van der Waals surface area (Å²) >= 11 is 1.03. The predicted molar refractivity (Wildman–Crippen MR) is 89.6 cm³/mol. The number of benzene rings is 1. The van der Waals surface area contributed by atoms with Gasteiger partial charge in [0.15, 0.2) is 5.03 Å². The summed E-state index contributed by atoms with van der Waals surface area (Å²) in [7, 11) is 0. The molecule has 0 bridgehead atoms. The van der Waals surface area contributed by atoms with Crippen LogP contribution in [0.4, 0.5) is 5.82 Å². The summed E-state index contributed by atoms with van der Waals surface area (Å²) in [5.74, 6) is -0.854. The summed E-state index contributed by atoms with van der Waals surface area (Å²) in [4.78, 5) is 26.4. The Morgan fingerprint density at radius 1 is 1.12 bits per heavy atom. The zero-order valence-corrected chi connectivity index (χ0v) is 13.7. The minimum Gasteiger partial charge on any atom is -0.286 e. The number of hydrogen-bond donors (Lipinski definition) is 3. The quantitative estimate of drug-likeness (QED) is 0.535. The number of pyridine rings is 1. The van der Waals surface area contributed by atoms with E-state index in [0.717, 1.165) is 11.8 Å². The van der Waals surface area contributed by atoms with E-state index in [1.807, 2.05) is 12.1 Å². The van der Waals surface area contributed by atoms with Crippen molar-refractivity contribution in [3.63, 3.8) is 0 Å². The Balaban J connectivity index is 1.92. The van der Waals surface area contributed by atoms with E-state index in [1.165, 1.54) is 6.07 Å². The van der Waals surface area contributed by atoms with Gasteiger partial charge in [-0.2, -0.15) is 10.5 Å². The van der Waals surface area contributed by atoms with Crippen molar-refractivity contribution >= 4 is 29.4 Å². The smallest absolute Gasteiger partial charge is 0.286 e. The number of hydrazine groups is 1. The summed E-state index contributed by atoms with van der Waals surface area (Å²) in [5.41, 5.74) is 11.0. The molecule has 0 unspecified atom stereocenters. The molecule has 1 aromatic heterocycles. The van der Waals surface area contributed by atoms with E-state index >= 15 is 0 Å². The Bertz CT molecular complexity index is 886. The van der Waals surface area contributed by atoms with Gasteiger partial charge in [-0.25, -0.2) is 4.98 Å². The standard InChI is InChI=1S/C16H12N6O2S/c17-7-11-6-12(8-18)16(20-14(11)19)25-9-13(23)21-22-15(24)10-4-2-1-3-5-10/h1-6H,9H2,(H2,19,20)(H,21,23)(H,22,24)/p+1. The normalized spacial score (nSPS) is 9.52. The third-order valence-corrected chi connectivity index (χ3v) is 4.03. The maximum absolute atomic E-state index is 11.8. The maximum Gasteiger partial charge on any atom is 0.289 e. The third kappa shape index (κ3) is 4.70. The van der Waals surface area contributed by atoms with E-state index < -0.39 is 11.8 Å². The van der Waals surface area contributed by atoms with Crippen molar-refractivity contribution in [1.82, 2.24) is 10.9 Å². The number of aromatic nitrogens is 1. The molecular weight excluding hydrogens is 340 g/mol. The lowest BCUT2D eigenvalue weighted by Gasteiger charge is -2.07. The van der Waals surface area contributed by atoms with E-state index in [4.69, 9.17) is 16.3 Å². The largest absolute Gasteiger partial charge is 0.289 e. The van der Waals surface area contributed by atoms with E-state index in [0.29, 0.717) is 10.6 Å². The summed E-state index contributed by atoms with van der Waals surface area (Å²) in [6.45, 7) is 0. The number of nitrogen functional groups attached to an aromatic ring is 1. The average molecular weight is 353 g/mol. The van der Waals surface area contributed by atoms with Crippen molar-refractivity contribution < 1.29 is 14.6 Å². The van der Waals surface area contributed by atoms with Crippen LogP contribution >= 0.6 is 11.8 Å². The number of nitrogens with two attached hydrogens (primary N) is 1. The molecule has 0 aliphatic rings. The summed E-state index contributed by atoms with van der Waals surface area (Å²) in [6, 6.07) is 13.6. The minimum atomic E-state index is -0.463. The summed E-state index contributed by atoms with van der Waals surface area (Å²) in [6.07, 6.45) is 0. The molecule has 0 fully saturated rings. The molecule has 1 heterocycles. The molecule has 2 rings (SSSR count). The fourth-order valence-corrected chi connectivity index (χ4v) is 2.59. The molecule has 0 aliphatic heterocycles. The van der Waals surface area contributed by atoms with Crippen LogP contribution in [0.15, 0.2) is 41.4 Å². The highest BCUT2D eigenvalue weighted by Crippen LogP contribution is 2.19. The Morgan fingerprint density at radius 2 is 1.80 bits per heavy atom. The highest BCUT2D eigenvalue weighted by Gasteiger charge is 2.16. The number of rotatable bonds is 4. The molecule has 0 saturated heterocycles. The van der Waals surface area contributed by atoms with Crippen LogP contribution in [0.2, 0.25) is 0 Å². The van der Waals surface area contributed by atoms with Crippen molar-refractivity contribution in [2.24, 2.45) is 0 Å². The Hall–Kier alpha value is -3.56. The molecule has 9 heteroatoms. The lowest BCUT2D eigenvalue weighted by molar-refractivity contribution is -0.410. The maximum atomic E-state index is 11.8. The van der Waals surface area contributed by atoms with Gasteiger partial charge in [0.1, 0.15) is 23.3 Å². The molecule has 5 N–H and O–H groups in total. The van der Waals surface area contributed by atoms with Gasteiger partial charge in [-0.05, 0) is 18.2 Å². The molecule has 0 aliphatic carbocycles. The molecule has 2 amide bonds. The SMILES string of the molecule is N#Cc1cc(C#N)c(SCC(=O)NNC(=O)c2ccccc2)[nH+]c1N. The second-order valence-corrected chi connectivity index (χ2v) is 5.71. The van der Waals surface area contributed by atoms with Gasteiger partial charge in [0, 0.05) is 5.56 Å². The molecule has 8 nitrogen and oxygen atoms in total. The number of anilines is 1. The number of amides is 2. The van der Waals surface area contributed by atoms with Crippen molar-refractivity contribution in [2.75, 3.05) is 11.5 Å². The second-order valence-electron chi connectivity index (χ2n) is 4.72. The number of nitrogens with one attached hydrogen (secondary N) is 3. The van der Waals surface area contributed by atoms with E-state index in [9.17, 15) is 9.59 Å². The second kappa shape index (κ2) is 8.34. The van der Waals surface area contributed by atoms with Gasteiger partial charge in [-0.3, -0.25) is 26.2 Å². The van der Waals surface area contributed by atoms with Gasteiger partial charge in [0.25, 0.3) is 11.7 Å². The monoisotopic (exact) mass is 353 g/mol. The fraction of sp³-hybridized carbons (Fsp3) is 0.0625. The minimum absolute atomic E-state index is 0.0639. The van der Waals surface area contributed by atoms with Crippen LogP contribution in [0.1, 0.15) is 21.5 Å². The summed E-state index contributed by atoms with van der Waals surface area (Å²) < 4.78 is 0. The molecule has 0 spiro atoms. The molecule has 1 aromatic carbocycles. The molecule has 0 saturated carbocycles. The van der Waals surface area contributed by atoms with Gasteiger partial charge in [0.2, 0.25) is 5.91 Å². The van der Waals surface area contributed by atoms with Crippen LogP contribution in [0.3, 0.4) is 0 Å². The first kappa shape index (κ1) is 17.8. The fourth-order valence-electron chi connectivity index (χ4n) is 1.80. The van der Waals surface area contributed by atoms with E-state index in [-0.39, 0.29) is 22.7 Å². The lowest BCUT2D eigenvalue weighted by Crippen LogP contribution is -2.42. The zero-order valence-electron chi connectivity index (χ0n) is 12.9. The first-order chi connectivity index (χ1) is 12.0. The van der Waals surface area contributed by atoms with Crippen LogP contribution in [0.25, 0.3) is 0 Å². The first-order valence-corrected chi connectivity index (χ1v) is 7.96. The van der Waals surface area contributed by atoms with Crippen LogP contribution in [0.5, 0.6) is 0 Å². The van der Waals surface area contributed by atoms with E-state index in [2.05, 4.69) is 15.8 Å². The Labute approximate surface area is 147 Å². The predicted octanol–water partition coefficient (Wildman–Crippen LogP) is 0.380. The third-order valence-electron chi connectivity index (χ3n) is 3.01. The molecule has 2 aromatic rings. The Morgan fingerprint density at radius 3 is 2.44 bits per heavy atom. The Kier molecular flexibility index (Phi) is 5.93. The topological polar surface area (TPSA) is 146 Å². The highest BCUT2D eigenvalue weighted by molar-refractivity contribution is 7.99. The summed E-state index contributed by atoms with van der Waals surface area (Å²) in [5, 5.41) is 18.4. The van der Waals surface area contributed by atoms with Gasteiger partial charge < -0.3 is 0 Å². The number of thioether (sulfide) groups is 1. The lowest BCUT2D eigenvalue weighted by atomic mass is 10.2. The molecule has 124 valence electrons. The zero-order chi connectivity index (χ0) is 18.2. The number of nitriles is 2. The molecular formula is C16H13N6O2S+. The number of aromatic amines is 1. The highest BCUT2D eigenvalue weighted by atomic mass is 32.2. The molecule has 0 radical (unpaired) electrons. The van der Waals surface area contributed by atoms with Crippen molar-refractivity contribution in [1.29, 1.82) is 10.5 Å². The van der Waals surface area contributed by atoms with Crippen molar-refractivity contribution in [2.45, 2.75) is 5.03 Å². The molecule has 25 heavy (non-hydrogen) atoms. The van der Waals surface area contributed by atoms with Gasteiger partial charge in [-0.1, -0.05) is 30.0 Å². The van der Waals surface area contributed by atoms with Gasteiger partial charge in [-0.15, -0.1) is 0 Å². The average Bonchev–Trinajstić information content (AvgIpc) is 2.65. The van der Waals surface area contributed by atoms with Crippen LogP contribution in [-0.2, 0) is 4.79 Å². The number of carbonyl (C=O) groups excluding carboxylic acids is 2. The van der Waals surface area contributed by atoms with Crippen LogP contribution < -0.4 is 21.6 Å². The van der Waals surface area contributed by atoms with Crippen LogP contribution in [0, 0.1) is 22.7 Å². The number of hydrogen-bond acceptors (Lipinski definition) is 6. The van der Waals surface area contributed by atoms with Crippen molar-refractivity contribution in [3.8, 4) is 12.1 Å². The number of nitrogens with zero attached hydrogens (tertiary/aromatic N) is 2. The number of carbonyl (C=O) groups is 2. The van der Waals surface area contributed by atoms with Gasteiger partial charge >= 0.3 is 0 Å². The van der Waals surface area contributed by atoms with Gasteiger partial charge in [0.05, 0.1) is 5.75 Å². The number of H-pyrrole nitrogens is 1. The first-order valence-electron chi connectivity index (χ1n) is 6.98. The van der Waals surface area contributed by atoms with Crippen LogP contribution in [-0.4, -0.2) is 17.6 Å². The molecule has 0 atom stereocenters.